The molecule has 0 aliphatic heterocycles. The van der Waals surface area contributed by atoms with E-state index in [0.717, 1.165) is 0 Å². The molecule has 110 valence electrons. The summed E-state index contributed by atoms with van der Waals surface area (Å²) in [6, 6.07) is 5.46. The van der Waals surface area contributed by atoms with Crippen LogP contribution in [0.2, 0.25) is 0 Å². The lowest BCUT2D eigenvalue weighted by Crippen LogP contribution is -2.30. The fraction of sp³-hybridized carbons (Fsp3) is 0.333. The van der Waals surface area contributed by atoms with E-state index >= 15 is 0 Å². The quantitative estimate of drug-likeness (QED) is 0.778. The Hall–Kier alpha value is -1.93. The minimum absolute atomic E-state index is 0.144. The van der Waals surface area contributed by atoms with Gasteiger partial charge >= 0.3 is 5.97 Å². The molecule has 0 aliphatic carbocycles. The smallest absolute Gasteiger partial charge is 0.318 e. The summed E-state index contributed by atoms with van der Waals surface area (Å²) in [5.74, 6) is -1.59. The van der Waals surface area contributed by atoms with Gasteiger partial charge in [-0.05, 0) is 25.1 Å². The molecule has 0 radical (unpaired) electrons. The largest absolute Gasteiger partial charge is 0.480 e. The number of carboxylic acids is 1. The highest BCUT2D eigenvalue weighted by Crippen LogP contribution is 2.12. The Balaban J connectivity index is 3.04. The van der Waals surface area contributed by atoms with E-state index in [2.05, 4.69) is 0 Å². The second-order valence-corrected chi connectivity index (χ2v) is 5.83. The summed E-state index contributed by atoms with van der Waals surface area (Å²) >= 11 is 0. The van der Waals surface area contributed by atoms with E-state index in [0.29, 0.717) is 6.54 Å². The normalized spacial score (nSPS) is 11.1. The van der Waals surface area contributed by atoms with Crippen molar-refractivity contribution >= 4 is 21.9 Å². The zero-order chi connectivity index (χ0) is 15.3. The van der Waals surface area contributed by atoms with Crippen molar-refractivity contribution in [1.29, 1.82) is 0 Å². The van der Waals surface area contributed by atoms with Gasteiger partial charge in [-0.2, -0.15) is 4.72 Å². The summed E-state index contributed by atoms with van der Waals surface area (Å²) in [6.07, 6.45) is 0. The van der Waals surface area contributed by atoms with Crippen molar-refractivity contribution in [2.45, 2.75) is 11.8 Å². The van der Waals surface area contributed by atoms with Crippen LogP contribution >= 0.6 is 0 Å². The van der Waals surface area contributed by atoms with Crippen molar-refractivity contribution in [2.75, 3.05) is 20.1 Å². The minimum atomic E-state index is -3.95. The van der Waals surface area contributed by atoms with Crippen LogP contribution < -0.4 is 4.72 Å². The SMILES string of the molecule is CCN(C)C(=O)c1cccc(S(=O)(=O)NCC(=O)O)c1. The first-order valence-corrected chi connectivity index (χ1v) is 7.33. The number of aliphatic carboxylic acids is 1. The van der Waals surface area contributed by atoms with Gasteiger partial charge in [0, 0.05) is 19.2 Å². The number of hydrogen-bond acceptors (Lipinski definition) is 4. The van der Waals surface area contributed by atoms with Crippen LogP contribution in [0.25, 0.3) is 0 Å². The molecule has 0 spiro atoms. The molecule has 1 aromatic rings. The number of carbonyl (C=O) groups excluding carboxylic acids is 1. The van der Waals surface area contributed by atoms with Crippen LogP contribution in [-0.2, 0) is 14.8 Å². The molecule has 2 N–H and O–H groups in total. The summed E-state index contributed by atoms with van der Waals surface area (Å²) in [5, 5.41) is 8.48. The lowest BCUT2D eigenvalue weighted by molar-refractivity contribution is -0.135. The van der Waals surface area contributed by atoms with Gasteiger partial charge in [0.1, 0.15) is 6.54 Å². The maximum absolute atomic E-state index is 11.9. The van der Waals surface area contributed by atoms with Crippen LogP contribution in [0, 0.1) is 0 Å². The Bertz CT molecular complexity index is 612. The molecule has 0 aliphatic rings. The molecule has 0 unspecified atom stereocenters. The van der Waals surface area contributed by atoms with Gasteiger partial charge in [-0.25, -0.2) is 8.42 Å². The third-order valence-electron chi connectivity index (χ3n) is 2.63. The summed E-state index contributed by atoms with van der Waals surface area (Å²) < 4.78 is 25.6. The van der Waals surface area contributed by atoms with Crippen LogP contribution in [0.5, 0.6) is 0 Å². The second-order valence-electron chi connectivity index (χ2n) is 4.07. The molecule has 0 aromatic heterocycles. The second kappa shape index (κ2) is 6.49. The number of benzene rings is 1. The van der Waals surface area contributed by atoms with E-state index in [-0.39, 0.29) is 16.4 Å². The standard InChI is InChI=1S/C12H16N2O5S/c1-3-14(2)12(17)9-5-4-6-10(7-9)20(18,19)13-8-11(15)16/h4-7,13H,3,8H2,1-2H3,(H,15,16). The average molecular weight is 300 g/mol. The number of rotatable bonds is 6. The van der Waals surface area contributed by atoms with Crippen LogP contribution in [-0.4, -0.2) is 50.4 Å². The van der Waals surface area contributed by atoms with E-state index < -0.39 is 22.5 Å². The Morgan fingerprint density at radius 2 is 2.00 bits per heavy atom. The first-order valence-electron chi connectivity index (χ1n) is 5.85. The average Bonchev–Trinajstić information content (AvgIpc) is 2.43. The van der Waals surface area contributed by atoms with Gasteiger partial charge < -0.3 is 10.0 Å². The summed E-state index contributed by atoms with van der Waals surface area (Å²) in [5.41, 5.74) is 0.229. The molecule has 0 bridgehead atoms. The highest BCUT2D eigenvalue weighted by molar-refractivity contribution is 7.89. The monoisotopic (exact) mass is 300 g/mol. The molecule has 20 heavy (non-hydrogen) atoms. The predicted octanol–water partition coefficient (Wildman–Crippen LogP) is 0.141. The molecule has 0 fully saturated rings. The Morgan fingerprint density at radius 3 is 2.55 bits per heavy atom. The topological polar surface area (TPSA) is 104 Å². The van der Waals surface area contributed by atoms with Crippen LogP contribution in [0.1, 0.15) is 17.3 Å². The summed E-state index contributed by atoms with van der Waals surface area (Å²) in [7, 11) is -2.34. The highest BCUT2D eigenvalue weighted by Gasteiger charge is 2.18. The van der Waals surface area contributed by atoms with E-state index in [1.807, 2.05) is 4.72 Å². The molecule has 7 nitrogen and oxygen atoms in total. The zero-order valence-corrected chi connectivity index (χ0v) is 12.0. The minimum Gasteiger partial charge on any atom is -0.480 e. The molecule has 8 heteroatoms. The molecule has 1 amide bonds. The van der Waals surface area contributed by atoms with Crippen molar-refractivity contribution in [3.8, 4) is 0 Å². The van der Waals surface area contributed by atoms with Crippen molar-refractivity contribution in [1.82, 2.24) is 9.62 Å². The van der Waals surface area contributed by atoms with Gasteiger partial charge in [0.25, 0.3) is 5.91 Å². The molecule has 1 rings (SSSR count). The van der Waals surface area contributed by atoms with Gasteiger partial charge in [0.05, 0.1) is 4.90 Å². The maximum Gasteiger partial charge on any atom is 0.318 e. The number of nitrogens with one attached hydrogen (secondary N) is 1. The van der Waals surface area contributed by atoms with Gasteiger partial charge in [-0.3, -0.25) is 9.59 Å². The van der Waals surface area contributed by atoms with Crippen molar-refractivity contribution in [3.63, 3.8) is 0 Å². The lowest BCUT2D eigenvalue weighted by atomic mass is 10.2. The van der Waals surface area contributed by atoms with Gasteiger partial charge in [0.2, 0.25) is 10.0 Å². The van der Waals surface area contributed by atoms with Crippen molar-refractivity contribution in [2.24, 2.45) is 0 Å². The molecule has 0 saturated heterocycles. The molecular formula is C12H16N2O5S. The fourth-order valence-corrected chi connectivity index (χ4v) is 2.42. The Morgan fingerprint density at radius 1 is 1.35 bits per heavy atom. The maximum atomic E-state index is 11.9. The first kappa shape index (κ1) is 16.1. The molecule has 1 aromatic carbocycles. The van der Waals surface area contributed by atoms with Gasteiger partial charge in [-0.15, -0.1) is 0 Å². The zero-order valence-electron chi connectivity index (χ0n) is 11.2. The molecule has 0 saturated carbocycles. The Labute approximate surface area is 117 Å². The summed E-state index contributed by atoms with van der Waals surface area (Å²) in [6.45, 7) is 1.58. The first-order chi connectivity index (χ1) is 9.27. The van der Waals surface area contributed by atoms with Crippen LogP contribution in [0.4, 0.5) is 0 Å². The van der Waals surface area contributed by atoms with Crippen molar-refractivity contribution in [3.05, 3.63) is 29.8 Å². The van der Waals surface area contributed by atoms with Gasteiger partial charge in [0.15, 0.2) is 0 Å². The number of carbonyl (C=O) groups is 2. The Kier molecular flexibility index (Phi) is 5.23. The summed E-state index contributed by atoms with van der Waals surface area (Å²) in [4.78, 5) is 23.6. The van der Waals surface area contributed by atoms with Crippen molar-refractivity contribution < 1.29 is 23.1 Å². The van der Waals surface area contributed by atoms with E-state index in [1.54, 1.807) is 14.0 Å². The third kappa shape index (κ3) is 4.04. The number of carboxylic acid groups (broad SMARTS) is 1. The number of amides is 1. The third-order valence-corrected chi connectivity index (χ3v) is 4.02. The number of hydrogen-bond donors (Lipinski definition) is 2. The highest BCUT2D eigenvalue weighted by atomic mass is 32.2. The lowest BCUT2D eigenvalue weighted by Gasteiger charge is -2.15. The van der Waals surface area contributed by atoms with Gasteiger partial charge in [-0.1, -0.05) is 6.07 Å². The van der Waals surface area contributed by atoms with E-state index in [4.69, 9.17) is 5.11 Å². The van der Waals surface area contributed by atoms with Crippen LogP contribution in [0.3, 0.4) is 0 Å². The number of sulfonamides is 1. The van der Waals surface area contributed by atoms with Crippen LogP contribution in [0.15, 0.2) is 29.2 Å². The molecule has 0 heterocycles. The fourth-order valence-electron chi connectivity index (χ4n) is 1.40. The predicted molar refractivity (Wildman–Crippen MR) is 71.9 cm³/mol. The molecular weight excluding hydrogens is 284 g/mol. The van der Waals surface area contributed by atoms with E-state index in [1.165, 1.54) is 29.2 Å². The van der Waals surface area contributed by atoms with E-state index in [9.17, 15) is 18.0 Å². The number of nitrogens with zero attached hydrogens (tertiary/aromatic N) is 1. The molecule has 0 atom stereocenters.